The number of hydrogen-bond acceptors (Lipinski definition) is 5. The summed E-state index contributed by atoms with van der Waals surface area (Å²) in [5, 5.41) is 3.79. The fraction of sp³-hybridized carbons (Fsp3) is 0.200. The number of thioether (sulfide) groups is 1. The minimum atomic E-state index is -3.47. The summed E-state index contributed by atoms with van der Waals surface area (Å²) in [7, 11) is -3.47. The lowest BCUT2D eigenvalue weighted by molar-refractivity contribution is -0.115. The standard InChI is InChI=1S/C20H19N3O3S2/c24-19(9-12-28(25,26)17-7-2-1-3-8-17)21-16-6-4-5-15(13-16)18-14-23-10-11-27-20(23)22-18/h1-8,13-14H,9-12H2,(H,21,24). The number of aromatic nitrogens is 2. The normalized spacial score (nSPS) is 13.3. The fourth-order valence-electron chi connectivity index (χ4n) is 3.00. The molecule has 28 heavy (non-hydrogen) atoms. The second kappa shape index (κ2) is 7.81. The summed E-state index contributed by atoms with van der Waals surface area (Å²) in [6.45, 7) is 0.958. The van der Waals surface area contributed by atoms with Crippen molar-refractivity contribution in [3.63, 3.8) is 0 Å². The van der Waals surface area contributed by atoms with Crippen LogP contribution in [0.1, 0.15) is 6.42 Å². The summed E-state index contributed by atoms with van der Waals surface area (Å²) in [4.78, 5) is 17.1. The lowest BCUT2D eigenvalue weighted by atomic mass is 10.1. The van der Waals surface area contributed by atoms with Gasteiger partial charge in [-0.05, 0) is 24.3 Å². The summed E-state index contributed by atoms with van der Waals surface area (Å²) in [5.41, 5.74) is 2.41. The van der Waals surface area contributed by atoms with Crippen molar-refractivity contribution in [1.82, 2.24) is 9.55 Å². The third-order valence-corrected chi connectivity index (χ3v) is 7.15. The van der Waals surface area contributed by atoms with E-state index in [-0.39, 0.29) is 23.0 Å². The summed E-state index contributed by atoms with van der Waals surface area (Å²) in [6, 6.07) is 15.6. The minimum absolute atomic E-state index is 0.100. The van der Waals surface area contributed by atoms with Crippen LogP contribution in [0.25, 0.3) is 11.3 Å². The van der Waals surface area contributed by atoms with E-state index in [2.05, 4.69) is 14.9 Å². The van der Waals surface area contributed by atoms with Crippen molar-refractivity contribution in [1.29, 1.82) is 0 Å². The van der Waals surface area contributed by atoms with Gasteiger partial charge in [-0.2, -0.15) is 0 Å². The molecule has 2 heterocycles. The van der Waals surface area contributed by atoms with Gasteiger partial charge < -0.3 is 9.88 Å². The molecule has 0 spiro atoms. The molecule has 2 aromatic carbocycles. The number of benzene rings is 2. The number of fused-ring (bicyclic) bond motifs is 1. The van der Waals surface area contributed by atoms with Crippen LogP contribution in [-0.4, -0.2) is 35.4 Å². The number of nitrogens with one attached hydrogen (secondary N) is 1. The zero-order valence-electron chi connectivity index (χ0n) is 15.0. The SMILES string of the molecule is O=C(CCS(=O)(=O)c1ccccc1)Nc1cccc(-c2cn3c(n2)SCC3)c1. The van der Waals surface area contributed by atoms with Crippen molar-refractivity contribution in [3.8, 4) is 11.3 Å². The molecule has 0 saturated heterocycles. The van der Waals surface area contributed by atoms with Crippen LogP contribution in [-0.2, 0) is 21.2 Å². The molecule has 6 nitrogen and oxygen atoms in total. The number of rotatable bonds is 6. The van der Waals surface area contributed by atoms with E-state index in [9.17, 15) is 13.2 Å². The van der Waals surface area contributed by atoms with Crippen LogP contribution in [0.15, 0.2) is 70.8 Å². The molecule has 0 aliphatic carbocycles. The lowest BCUT2D eigenvalue weighted by Gasteiger charge is -2.07. The molecule has 1 aromatic heterocycles. The monoisotopic (exact) mass is 413 g/mol. The molecule has 0 bridgehead atoms. The van der Waals surface area contributed by atoms with Gasteiger partial charge >= 0.3 is 0 Å². The molecule has 1 aliphatic rings. The van der Waals surface area contributed by atoms with Crippen molar-refractivity contribution >= 4 is 33.2 Å². The second-order valence-corrected chi connectivity index (χ2v) is 9.63. The number of imidazole rings is 1. The number of anilines is 1. The van der Waals surface area contributed by atoms with Gasteiger partial charge in [0.2, 0.25) is 5.91 Å². The Hall–Kier alpha value is -2.58. The number of amides is 1. The van der Waals surface area contributed by atoms with Crippen molar-refractivity contribution < 1.29 is 13.2 Å². The largest absolute Gasteiger partial charge is 0.326 e. The minimum Gasteiger partial charge on any atom is -0.326 e. The molecule has 0 saturated carbocycles. The first kappa shape index (κ1) is 18.8. The average molecular weight is 414 g/mol. The molecule has 0 radical (unpaired) electrons. The Morgan fingerprint density at radius 2 is 1.96 bits per heavy atom. The number of hydrogen-bond donors (Lipinski definition) is 1. The van der Waals surface area contributed by atoms with E-state index >= 15 is 0 Å². The Morgan fingerprint density at radius 1 is 1.14 bits per heavy atom. The van der Waals surface area contributed by atoms with Crippen LogP contribution in [0.4, 0.5) is 5.69 Å². The van der Waals surface area contributed by atoms with Gasteiger partial charge in [0, 0.05) is 36.2 Å². The van der Waals surface area contributed by atoms with Crippen LogP contribution < -0.4 is 5.32 Å². The number of carbonyl (C=O) groups excluding carboxylic acids is 1. The Balaban J connectivity index is 1.41. The molecule has 1 N–H and O–H groups in total. The average Bonchev–Trinajstić information content (AvgIpc) is 3.30. The zero-order chi connectivity index (χ0) is 19.6. The van der Waals surface area contributed by atoms with E-state index in [1.54, 1.807) is 36.0 Å². The van der Waals surface area contributed by atoms with Gasteiger partial charge in [-0.1, -0.05) is 42.1 Å². The molecule has 4 rings (SSSR count). The maximum absolute atomic E-state index is 12.3. The number of nitrogens with zero attached hydrogens (tertiary/aromatic N) is 2. The van der Waals surface area contributed by atoms with Gasteiger partial charge in [-0.25, -0.2) is 13.4 Å². The van der Waals surface area contributed by atoms with E-state index < -0.39 is 9.84 Å². The smallest absolute Gasteiger partial charge is 0.225 e. The third kappa shape index (κ3) is 4.13. The van der Waals surface area contributed by atoms with Gasteiger partial charge in [-0.15, -0.1) is 0 Å². The highest BCUT2D eigenvalue weighted by Crippen LogP contribution is 2.29. The van der Waals surface area contributed by atoms with Gasteiger partial charge in [0.15, 0.2) is 15.0 Å². The Labute approximate surface area is 167 Å². The first-order valence-corrected chi connectivity index (χ1v) is 11.5. The maximum atomic E-state index is 12.3. The first-order chi connectivity index (χ1) is 13.5. The Kier molecular flexibility index (Phi) is 5.23. The highest BCUT2D eigenvalue weighted by Gasteiger charge is 2.17. The topological polar surface area (TPSA) is 81.1 Å². The van der Waals surface area contributed by atoms with E-state index in [0.717, 1.165) is 28.7 Å². The maximum Gasteiger partial charge on any atom is 0.225 e. The van der Waals surface area contributed by atoms with E-state index in [1.165, 1.54) is 12.1 Å². The van der Waals surface area contributed by atoms with Crippen molar-refractivity contribution in [2.75, 3.05) is 16.8 Å². The van der Waals surface area contributed by atoms with E-state index in [0.29, 0.717) is 5.69 Å². The molecular weight excluding hydrogens is 394 g/mol. The molecule has 3 aromatic rings. The zero-order valence-corrected chi connectivity index (χ0v) is 16.7. The van der Waals surface area contributed by atoms with Crippen LogP contribution in [0.2, 0.25) is 0 Å². The summed E-state index contributed by atoms with van der Waals surface area (Å²) < 4.78 is 26.7. The third-order valence-electron chi connectivity index (χ3n) is 4.45. The molecule has 0 unspecified atom stereocenters. The molecule has 8 heteroatoms. The van der Waals surface area contributed by atoms with E-state index in [4.69, 9.17) is 0 Å². The summed E-state index contributed by atoms with van der Waals surface area (Å²) in [5.74, 6) is 0.484. The van der Waals surface area contributed by atoms with Crippen LogP contribution in [0.5, 0.6) is 0 Å². The fourth-order valence-corrected chi connectivity index (χ4v) is 5.21. The van der Waals surface area contributed by atoms with Gasteiger partial charge in [-0.3, -0.25) is 4.79 Å². The Morgan fingerprint density at radius 3 is 2.75 bits per heavy atom. The number of sulfone groups is 1. The van der Waals surface area contributed by atoms with Crippen molar-refractivity contribution in [2.45, 2.75) is 23.0 Å². The van der Waals surface area contributed by atoms with Crippen molar-refractivity contribution in [3.05, 3.63) is 60.8 Å². The van der Waals surface area contributed by atoms with Crippen LogP contribution in [0, 0.1) is 0 Å². The predicted molar refractivity (Wildman–Crippen MR) is 110 cm³/mol. The quantitative estimate of drug-likeness (QED) is 0.669. The molecule has 0 atom stereocenters. The second-order valence-electron chi connectivity index (χ2n) is 6.46. The molecule has 144 valence electrons. The molecular formula is C20H19N3O3S2. The van der Waals surface area contributed by atoms with Crippen LogP contribution >= 0.6 is 11.8 Å². The predicted octanol–water partition coefficient (Wildman–Crippen LogP) is 3.46. The van der Waals surface area contributed by atoms with E-state index in [1.807, 2.05) is 24.4 Å². The van der Waals surface area contributed by atoms with Crippen LogP contribution in [0.3, 0.4) is 0 Å². The number of carbonyl (C=O) groups is 1. The lowest BCUT2D eigenvalue weighted by Crippen LogP contribution is -2.17. The molecule has 1 amide bonds. The van der Waals surface area contributed by atoms with Gasteiger partial charge in [0.05, 0.1) is 16.3 Å². The number of aryl methyl sites for hydroxylation is 1. The van der Waals surface area contributed by atoms with Gasteiger partial charge in [0.1, 0.15) is 0 Å². The summed E-state index contributed by atoms with van der Waals surface area (Å²) in [6.07, 6.45) is 1.92. The first-order valence-electron chi connectivity index (χ1n) is 8.89. The molecule has 1 aliphatic heterocycles. The summed E-state index contributed by atoms with van der Waals surface area (Å²) >= 11 is 1.73. The van der Waals surface area contributed by atoms with Gasteiger partial charge in [0.25, 0.3) is 0 Å². The highest BCUT2D eigenvalue weighted by molar-refractivity contribution is 7.99. The van der Waals surface area contributed by atoms with Crippen molar-refractivity contribution in [2.24, 2.45) is 0 Å². The molecule has 0 fully saturated rings. The highest BCUT2D eigenvalue weighted by atomic mass is 32.2. The Bertz CT molecular complexity index is 1090.